The van der Waals surface area contributed by atoms with Crippen LogP contribution in [0.4, 0.5) is 0 Å². The van der Waals surface area contributed by atoms with E-state index in [0.29, 0.717) is 18.1 Å². The number of rotatable bonds is 8. The molecule has 0 bridgehead atoms. The Hall–Kier alpha value is -2.45. The number of aromatic nitrogens is 2. The van der Waals surface area contributed by atoms with Gasteiger partial charge < -0.3 is 22.2 Å². The number of allylic oxidation sites excluding steroid dienone is 1. The molecule has 0 spiro atoms. The molecule has 1 aliphatic carbocycles. The lowest BCUT2D eigenvalue weighted by molar-refractivity contribution is 0.0323. The Labute approximate surface area is 167 Å². The molecule has 13 nitrogen and oxygen atoms in total. The summed E-state index contributed by atoms with van der Waals surface area (Å²) in [6.45, 7) is 2.44. The van der Waals surface area contributed by atoms with E-state index in [1.54, 1.807) is 0 Å². The molecule has 2 rings (SSSR count). The van der Waals surface area contributed by atoms with Gasteiger partial charge in [0.25, 0.3) is 0 Å². The van der Waals surface area contributed by atoms with E-state index in [2.05, 4.69) is 48.0 Å². The summed E-state index contributed by atoms with van der Waals surface area (Å²) >= 11 is 6.06. The molecule has 0 aliphatic heterocycles. The molecule has 0 amide bonds. The predicted octanol–water partition coefficient (Wildman–Crippen LogP) is 1.92. The molecule has 0 saturated heterocycles. The van der Waals surface area contributed by atoms with Crippen LogP contribution in [-0.4, -0.2) is 57.4 Å². The SMILES string of the molecule is CC[C@@H](O)[C@@H](CO)N(C)CC1=CCc2c(Cl)ncnc21.N.N=N/N=N/N=N/N. The molecule has 0 saturated carbocycles. The molecule has 0 radical (unpaired) electrons. The van der Waals surface area contributed by atoms with Gasteiger partial charge >= 0.3 is 0 Å². The van der Waals surface area contributed by atoms with Crippen LogP contribution in [0.3, 0.4) is 0 Å². The zero-order chi connectivity index (χ0) is 20.2. The van der Waals surface area contributed by atoms with E-state index < -0.39 is 6.10 Å². The van der Waals surface area contributed by atoms with Gasteiger partial charge in [-0.05, 0) is 46.4 Å². The Morgan fingerprint density at radius 3 is 2.64 bits per heavy atom. The Bertz CT molecular complexity index is 698. The summed E-state index contributed by atoms with van der Waals surface area (Å²) < 4.78 is 0. The van der Waals surface area contributed by atoms with Crippen molar-refractivity contribution in [1.29, 1.82) is 5.53 Å². The minimum Gasteiger partial charge on any atom is -0.395 e. The molecule has 0 unspecified atom stereocenters. The zero-order valence-corrected chi connectivity index (χ0v) is 16.5. The number of nitrogens with zero attached hydrogens (tertiary/aromatic N) is 8. The van der Waals surface area contributed by atoms with Crippen LogP contribution in [-0.2, 0) is 6.42 Å². The predicted molar refractivity (Wildman–Crippen MR) is 103 cm³/mol. The smallest absolute Gasteiger partial charge is 0.136 e. The molecule has 1 aromatic heterocycles. The van der Waals surface area contributed by atoms with Gasteiger partial charge in [-0.3, -0.25) is 4.90 Å². The van der Waals surface area contributed by atoms with Gasteiger partial charge in [0.15, 0.2) is 0 Å². The second-order valence-corrected chi connectivity index (χ2v) is 5.91. The number of aliphatic hydroxyl groups excluding tert-OH is 2. The summed E-state index contributed by atoms with van der Waals surface area (Å²) in [6.07, 6.45) is 4.34. The molecule has 28 heavy (non-hydrogen) atoms. The van der Waals surface area contributed by atoms with Gasteiger partial charge in [-0.2, -0.15) is 5.53 Å². The summed E-state index contributed by atoms with van der Waals surface area (Å²) in [7, 11) is 1.89. The molecule has 1 aliphatic rings. The topological polar surface area (TPSA) is 216 Å². The van der Waals surface area contributed by atoms with Crippen molar-refractivity contribution in [1.82, 2.24) is 21.0 Å². The number of halogens is 1. The summed E-state index contributed by atoms with van der Waals surface area (Å²) in [4.78, 5) is 10.2. The quantitative estimate of drug-likeness (QED) is 0.183. The van der Waals surface area contributed by atoms with Crippen LogP contribution in [0.1, 0.15) is 24.6 Å². The number of hydrogen-bond acceptors (Lipinski definition) is 8. The van der Waals surface area contributed by atoms with E-state index in [1.165, 1.54) is 6.33 Å². The third-order valence-electron chi connectivity index (χ3n) is 3.96. The average Bonchev–Trinajstić information content (AvgIpc) is 3.07. The Kier molecular flexibility index (Phi) is 12.5. The largest absolute Gasteiger partial charge is 0.395 e. The van der Waals surface area contributed by atoms with E-state index in [0.717, 1.165) is 23.3 Å². The van der Waals surface area contributed by atoms with Crippen LogP contribution in [0.25, 0.3) is 5.57 Å². The van der Waals surface area contributed by atoms with Gasteiger partial charge in [0.2, 0.25) is 0 Å². The van der Waals surface area contributed by atoms with Gasteiger partial charge in [0.1, 0.15) is 11.5 Å². The Morgan fingerprint density at radius 1 is 1.36 bits per heavy atom. The molecule has 0 aromatic carbocycles. The molecule has 1 aromatic rings. The Balaban J connectivity index is 0.000000786. The number of hydrogen-bond donors (Lipinski definition) is 5. The van der Waals surface area contributed by atoms with E-state index in [1.807, 2.05) is 18.9 Å². The lowest BCUT2D eigenvalue weighted by atomic mass is 10.1. The molecule has 14 heteroatoms. The van der Waals surface area contributed by atoms with E-state index in [4.69, 9.17) is 17.1 Å². The summed E-state index contributed by atoms with van der Waals surface area (Å²) in [5.41, 5.74) is 8.89. The minimum atomic E-state index is -0.541. The fourth-order valence-electron chi connectivity index (χ4n) is 2.58. The fraction of sp³-hybridized carbons (Fsp3) is 0.571. The van der Waals surface area contributed by atoms with Crippen molar-refractivity contribution in [2.75, 3.05) is 20.2 Å². The van der Waals surface area contributed by atoms with Crippen LogP contribution in [0.2, 0.25) is 5.15 Å². The minimum absolute atomic E-state index is 0. The standard InChI is InChI=1S/C14H20ClN3O2.H3N7.H3N/c1-3-12(20)11(7-19)18(2)6-9-4-5-10-13(9)16-8-17-14(10)15;1-3-5-7-6-4-2;/h4,8,11-12,19-20H,3,5-7H2,1-2H3;(H3,1,2,5,6);1H3/t11-,12-;;/m1../s1. The molecule has 156 valence electrons. The summed E-state index contributed by atoms with van der Waals surface area (Å²) in [5.74, 6) is 4.47. The van der Waals surface area contributed by atoms with E-state index in [9.17, 15) is 10.2 Å². The van der Waals surface area contributed by atoms with Crippen molar-refractivity contribution >= 4 is 17.2 Å². The highest BCUT2D eigenvalue weighted by Gasteiger charge is 2.25. The van der Waals surface area contributed by atoms with Crippen molar-refractivity contribution in [3.05, 3.63) is 28.8 Å². The van der Waals surface area contributed by atoms with Gasteiger partial charge in [-0.25, -0.2) is 9.97 Å². The van der Waals surface area contributed by atoms with E-state index >= 15 is 0 Å². The zero-order valence-electron chi connectivity index (χ0n) is 15.8. The molecule has 0 fully saturated rings. The fourth-order valence-corrected chi connectivity index (χ4v) is 2.79. The third kappa shape index (κ3) is 7.28. The lowest BCUT2D eigenvalue weighted by Gasteiger charge is -2.30. The first-order chi connectivity index (χ1) is 13.0. The molecular formula is C14H26ClN11O2. The summed E-state index contributed by atoms with van der Waals surface area (Å²) in [5, 5.41) is 33.4. The highest BCUT2D eigenvalue weighted by molar-refractivity contribution is 6.30. The number of likely N-dealkylation sites (N-methyl/N-ethyl adjacent to an activating group) is 1. The van der Waals surface area contributed by atoms with E-state index in [-0.39, 0.29) is 18.8 Å². The second kappa shape index (κ2) is 13.7. The van der Waals surface area contributed by atoms with Crippen molar-refractivity contribution in [3.63, 3.8) is 0 Å². The van der Waals surface area contributed by atoms with Crippen molar-refractivity contribution in [2.24, 2.45) is 32.0 Å². The van der Waals surface area contributed by atoms with Crippen LogP contribution in [0.15, 0.2) is 38.5 Å². The van der Waals surface area contributed by atoms with Crippen LogP contribution in [0.5, 0.6) is 0 Å². The number of aliphatic hydroxyl groups is 2. The molecule has 2 atom stereocenters. The number of nitrogens with two attached hydrogens (primary N) is 1. The molecule has 1 heterocycles. The van der Waals surface area contributed by atoms with Gasteiger partial charge in [-0.1, -0.05) is 29.8 Å². The van der Waals surface area contributed by atoms with Crippen molar-refractivity contribution in [3.8, 4) is 0 Å². The van der Waals surface area contributed by atoms with Crippen LogP contribution in [0, 0.1) is 5.53 Å². The summed E-state index contributed by atoms with van der Waals surface area (Å²) in [6, 6.07) is -0.276. The van der Waals surface area contributed by atoms with Crippen LogP contribution < -0.4 is 12.0 Å². The maximum atomic E-state index is 9.93. The van der Waals surface area contributed by atoms with Gasteiger partial charge in [0, 0.05) is 12.1 Å². The highest BCUT2D eigenvalue weighted by Crippen LogP contribution is 2.30. The normalized spacial score (nSPS) is 14.9. The average molecular weight is 416 g/mol. The monoisotopic (exact) mass is 415 g/mol. The van der Waals surface area contributed by atoms with Crippen molar-refractivity contribution in [2.45, 2.75) is 31.9 Å². The first-order valence-electron chi connectivity index (χ1n) is 8.04. The van der Waals surface area contributed by atoms with Crippen molar-refractivity contribution < 1.29 is 10.2 Å². The first kappa shape index (κ1) is 25.6. The lowest BCUT2D eigenvalue weighted by Crippen LogP contribution is -2.44. The second-order valence-electron chi connectivity index (χ2n) is 5.55. The molecular weight excluding hydrogens is 390 g/mol. The highest BCUT2D eigenvalue weighted by atomic mass is 35.5. The maximum absolute atomic E-state index is 9.93. The Morgan fingerprint density at radius 2 is 2.07 bits per heavy atom. The third-order valence-corrected chi connectivity index (χ3v) is 4.29. The first-order valence-corrected chi connectivity index (χ1v) is 8.42. The van der Waals surface area contributed by atoms with Gasteiger partial charge in [0.05, 0.1) is 24.4 Å². The van der Waals surface area contributed by atoms with Crippen LogP contribution >= 0.6 is 11.6 Å². The maximum Gasteiger partial charge on any atom is 0.136 e. The molecule has 8 N–H and O–H groups in total. The number of fused-ring (bicyclic) bond motifs is 1. The van der Waals surface area contributed by atoms with Gasteiger partial charge in [-0.15, -0.1) is 0 Å². The number of nitrogens with one attached hydrogen (secondary N) is 1.